The van der Waals surface area contributed by atoms with Crippen LogP contribution in [0.3, 0.4) is 0 Å². The van der Waals surface area contributed by atoms with E-state index in [0.29, 0.717) is 17.9 Å². The van der Waals surface area contributed by atoms with Crippen molar-refractivity contribution in [2.45, 2.75) is 47.1 Å². The first-order chi connectivity index (χ1) is 8.40. The average molecular weight is 251 g/mol. The second kappa shape index (κ2) is 6.89. The molecule has 102 valence electrons. The van der Waals surface area contributed by atoms with Crippen molar-refractivity contribution in [2.75, 3.05) is 6.54 Å². The van der Waals surface area contributed by atoms with Crippen LogP contribution in [0.4, 0.5) is 4.39 Å². The fourth-order valence-electron chi connectivity index (χ4n) is 2.03. The predicted octanol–water partition coefficient (Wildman–Crippen LogP) is 3.95. The van der Waals surface area contributed by atoms with Gasteiger partial charge >= 0.3 is 0 Å². The molecule has 0 heterocycles. The Morgan fingerprint density at radius 2 is 1.78 bits per heavy atom. The first kappa shape index (κ1) is 15.2. The minimum atomic E-state index is -0.129. The van der Waals surface area contributed by atoms with Crippen LogP contribution in [0.15, 0.2) is 18.2 Å². The molecule has 0 aromatic heterocycles. The Labute approximate surface area is 111 Å². The van der Waals surface area contributed by atoms with E-state index >= 15 is 0 Å². The number of aryl methyl sites for hydroxylation is 1. The van der Waals surface area contributed by atoms with E-state index in [0.717, 1.165) is 18.5 Å². The molecule has 0 aliphatic rings. The van der Waals surface area contributed by atoms with Crippen molar-refractivity contribution >= 4 is 0 Å². The van der Waals surface area contributed by atoms with Crippen molar-refractivity contribution in [3.63, 3.8) is 0 Å². The number of hydrogen-bond donors (Lipinski definition) is 1. The fraction of sp³-hybridized carbons (Fsp3) is 0.625. The van der Waals surface area contributed by atoms with Crippen LogP contribution in [-0.4, -0.2) is 12.6 Å². The van der Waals surface area contributed by atoms with Crippen LogP contribution < -0.4 is 5.32 Å². The van der Waals surface area contributed by atoms with Gasteiger partial charge in [-0.2, -0.15) is 0 Å². The molecule has 2 unspecified atom stereocenters. The normalized spacial score (nSPS) is 14.8. The van der Waals surface area contributed by atoms with Gasteiger partial charge < -0.3 is 5.32 Å². The van der Waals surface area contributed by atoms with Crippen LogP contribution in [0.25, 0.3) is 0 Å². The molecule has 0 saturated carbocycles. The van der Waals surface area contributed by atoms with E-state index in [1.807, 2.05) is 6.07 Å². The van der Waals surface area contributed by atoms with Gasteiger partial charge in [-0.3, -0.25) is 0 Å². The number of hydrogen-bond acceptors (Lipinski definition) is 1. The van der Waals surface area contributed by atoms with Crippen molar-refractivity contribution in [3.05, 3.63) is 35.1 Å². The van der Waals surface area contributed by atoms with Gasteiger partial charge in [-0.1, -0.05) is 33.8 Å². The Morgan fingerprint density at radius 3 is 2.39 bits per heavy atom. The summed E-state index contributed by atoms with van der Waals surface area (Å²) in [6.45, 7) is 11.9. The maximum atomic E-state index is 13.2. The molecule has 0 aliphatic carbocycles. The van der Waals surface area contributed by atoms with E-state index in [1.165, 1.54) is 11.6 Å². The van der Waals surface area contributed by atoms with Crippen molar-refractivity contribution in [1.29, 1.82) is 0 Å². The molecule has 18 heavy (non-hydrogen) atoms. The smallest absolute Gasteiger partial charge is 0.123 e. The van der Waals surface area contributed by atoms with Gasteiger partial charge in [-0.15, -0.1) is 0 Å². The SMILES string of the molecule is Cc1ccc(F)cc1CC(C)C(C)CNC(C)C. The summed E-state index contributed by atoms with van der Waals surface area (Å²) < 4.78 is 13.2. The van der Waals surface area contributed by atoms with Gasteiger partial charge in [-0.25, -0.2) is 4.39 Å². The molecule has 0 bridgehead atoms. The van der Waals surface area contributed by atoms with E-state index in [2.05, 4.69) is 39.9 Å². The second-order valence-electron chi connectivity index (χ2n) is 5.79. The number of benzene rings is 1. The number of rotatable bonds is 6. The van der Waals surface area contributed by atoms with Gasteiger partial charge in [0, 0.05) is 6.04 Å². The summed E-state index contributed by atoms with van der Waals surface area (Å²) >= 11 is 0. The van der Waals surface area contributed by atoms with E-state index in [-0.39, 0.29) is 5.82 Å². The van der Waals surface area contributed by atoms with Gasteiger partial charge in [0.15, 0.2) is 0 Å². The Bertz CT molecular complexity index is 373. The lowest BCUT2D eigenvalue weighted by atomic mass is 9.88. The summed E-state index contributed by atoms with van der Waals surface area (Å²) in [4.78, 5) is 0. The number of nitrogens with one attached hydrogen (secondary N) is 1. The monoisotopic (exact) mass is 251 g/mol. The molecule has 0 amide bonds. The zero-order valence-electron chi connectivity index (χ0n) is 12.3. The first-order valence-electron chi connectivity index (χ1n) is 6.88. The second-order valence-corrected chi connectivity index (χ2v) is 5.79. The van der Waals surface area contributed by atoms with Gasteiger partial charge in [0.2, 0.25) is 0 Å². The summed E-state index contributed by atoms with van der Waals surface area (Å²) in [5, 5.41) is 3.46. The van der Waals surface area contributed by atoms with Gasteiger partial charge in [0.05, 0.1) is 0 Å². The standard InChI is InChI=1S/C16H26FN/c1-11(2)18-10-14(5)13(4)8-15-9-16(17)7-6-12(15)3/h6-7,9,11,13-14,18H,8,10H2,1-5H3. The van der Waals surface area contributed by atoms with E-state index in [4.69, 9.17) is 0 Å². The molecular formula is C16H26FN. The molecule has 2 heteroatoms. The maximum Gasteiger partial charge on any atom is 0.123 e. The Morgan fingerprint density at radius 1 is 1.11 bits per heavy atom. The average Bonchev–Trinajstić information content (AvgIpc) is 2.30. The van der Waals surface area contributed by atoms with Crippen molar-refractivity contribution in [2.24, 2.45) is 11.8 Å². The van der Waals surface area contributed by atoms with Crippen molar-refractivity contribution in [1.82, 2.24) is 5.32 Å². The third kappa shape index (κ3) is 4.77. The van der Waals surface area contributed by atoms with E-state index < -0.39 is 0 Å². The summed E-state index contributed by atoms with van der Waals surface area (Å²) in [7, 11) is 0. The zero-order chi connectivity index (χ0) is 13.7. The Kier molecular flexibility index (Phi) is 5.80. The number of halogens is 1. The highest BCUT2D eigenvalue weighted by Gasteiger charge is 2.14. The largest absolute Gasteiger partial charge is 0.314 e. The van der Waals surface area contributed by atoms with E-state index in [1.54, 1.807) is 6.07 Å². The minimum absolute atomic E-state index is 0.129. The molecule has 0 spiro atoms. The molecule has 1 rings (SSSR count). The fourth-order valence-corrected chi connectivity index (χ4v) is 2.03. The van der Waals surface area contributed by atoms with Gasteiger partial charge in [0.25, 0.3) is 0 Å². The summed E-state index contributed by atoms with van der Waals surface area (Å²) in [6, 6.07) is 5.60. The lowest BCUT2D eigenvalue weighted by Crippen LogP contribution is -2.31. The van der Waals surface area contributed by atoms with Crippen LogP contribution >= 0.6 is 0 Å². The topological polar surface area (TPSA) is 12.0 Å². The third-order valence-corrected chi connectivity index (χ3v) is 3.67. The highest BCUT2D eigenvalue weighted by atomic mass is 19.1. The van der Waals surface area contributed by atoms with Crippen molar-refractivity contribution < 1.29 is 4.39 Å². The molecule has 1 N–H and O–H groups in total. The summed E-state index contributed by atoms with van der Waals surface area (Å²) in [6.07, 6.45) is 0.949. The summed E-state index contributed by atoms with van der Waals surface area (Å²) in [5.74, 6) is 1.02. The first-order valence-corrected chi connectivity index (χ1v) is 6.88. The molecule has 0 fully saturated rings. The van der Waals surface area contributed by atoms with Crippen LogP contribution in [-0.2, 0) is 6.42 Å². The molecule has 1 aromatic carbocycles. The molecule has 0 aliphatic heterocycles. The lowest BCUT2D eigenvalue weighted by Gasteiger charge is -2.22. The molecule has 1 nitrogen and oxygen atoms in total. The maximum absolute atomic E-state index is 13.2. The highest BCUT2D eigenvalue weighted by Crippen LogP contribution is 2.20. The molecule has 0 saturated heterocycles. The minimum Gasteiger partial charge on any atom is -0.314 e. The van der Waals surface area contributed by atoms with Gasteiger partial charge in [0.1, 0.15) is 5.82 Å². The molecule has 2 atom stereocenters. The molecular weight excluding hydrogens is 225 g/mol. The highest BCUT2D eigenvalue weighted by molar-refractivity contribution is 5.26. The molecule has 1 aromatic rings. The molecule has 0 radical (unpaired) electrons. The van der Waals surface area contributed by atoms with E-state index in [9.17, 15) is 4.39 Å². The quantitative estimate of drug-likeness (QED) is 0.807. The van der Waals surface area contributed by atoms with Gasteiger partial charge in [-0.05, 0) is 55.0 Å². The Balaban J connectivity index is 2.57. The third-order valence-electron chi connectivity index (χ3n) is 3.67. The van der Waals surface area contributed by atoms with Crippen LogP contribution in [0.1, 0.15) is 38.8 Å². The lowest BCUT2D eigenvalue weighted by molar-refractivity contribution is 0.353. The summed E-state index contributed by atoms with van der Waals surface area (Å²) in [5.41, 5.74) is 2.33. The van der Waals surface area contributed by atoms with Crippen LogP contribution in [0.5, 0.6) is 0 Å². The van der Waals surface area contributed by atoms with Crippen LogP contribution in [0, 0.1) is 24.6 Å². The predicted molar refractivity (Wildman–Crippen MR) is 76.3 cm³/mol. The Hall–Kier alpha value is -0.890. The van der Waals surface area contributed by atoms with Crippen LogP contribution in [0.2, 0.25) is 0 Å². The zero-order valence-corrected chi connectivity index (χ0v) is 12.3. The van der Waals surface area contributed by atoms with Crippen molar-refractivity contribution in [3.8, 4) is 0 Å².